The summed E-state index contributed by atoms with van der Waals surface area (Å²) in [5.41, 5.74) is -0.411. The normalized spacial score (nSPS) is 16.0. The van der Waals surface area contributed by atoms with Crippen molar-refractivity contribution in [3.63, 3.8) is 0 Å². The fourth-order valence-corrected chi connectivity index (χ4v) is 15.0. The van der Waals surface area contributed by atoms with E-state index < -0.39 is 52.4 Å². The van der Waals surface area contributed by atoms with E-state index in [2.05, 4.69) is 67.6 Å². The molecular weight excluding hydrogens is 1380 g/mol. The molecule has 544 valence electrons. The van der Waals surface area contributed by atoms with Gasteiger partial charge in [-0.2, -0.15) is 0 Å². The smallest absolute Gasteiger partial charge is 0.854 e. The molecular formula is C60H126O24P6Zr. The van der Waals surface area contributed by atoms with Gasteiger partial charge in [0.2, 0.25) is 0 Å². The van der Waals surface area contributed by atoms with Gasteiger partial charge in [0, 0.05) is 5.41 Å². The van der Waals surface area contributed by atoms with Crippen LogP contribution >= 0.6 is 46.9 Å². The van der Waals surface area contributed by atoms with Crippen molar-refractivity contribution >= 4 is 46.9 Å². The van der Waals surface area contributed by atoms with Crippen molar-refractivity contribution in [2.45, 2.75) is 251 Å². The van der Waals surface area contributed by atoms with Crippen molar-refractivity contribution < 1.29 is 142 Å². The molecule has 91 heavy (non-hydrogen) atoms. The van der Waals surface area contributed by atoms with Gasteiger partial charge in [-0.05, 0) is 80.5 Å². The molecule has 0 saturated carbocycles. The standard InChI is InChI=1S/3C16H36O7P2.C12H21O3.Zr/c3*1-5-9-11-15(7-3)13-21-25(20,23-24(17,18)19)22-14-16(8-4)12-10-6-2;1-4-7-14-10-12(6-3,9-13)11-15-8-5-2;/h3*15-16H,5-14H2,1-4H3,(H2,17,18,19);4-5H,1-2,6-11H2,3H3;/q;;;-1;+4/p-3. The number of hydrogen-bond donors (Lipinski definition) is 0. The van der Waals surface area contributed by atoms with Crippen molar-refractivity contribution in [2.75, 3.05) is 72.7 Å². The van der Waals surface area contributed by atoms with Gasteiger partial charge in [-0.15, -0.1) is 19.8 Å². The van der Waals surface area contributed by atoms with Gasteiger partial charge in [0.1, 0.15) is 0 Å². The van der Waals surface area contributed by atoms with Gasteiger partial charge in [0.15, 0.2) is 0 Å². The summed E-state index contributed by atoms with van der Waals surface area (Å²) in [7, 11) is -29.7. The molecule has 0 aliphatic heterocycles. The molecule has 6 unspecified atom stereocenters. The van der Waals surface area contributed by atoms with E-state index in [1.807, 2.05) is 48.5 Å². The van der Waals surface area contributed by atoms with Crippen LogP contribution < -0.4 is 34.5 Å². The minimum Gasteiger partial charge on any atom is -0.854 e. The molecule has 0 fully saturated rings. The number of phosphoric ester groups is 3. The molecule has 0 saturated heterocycles. The van der Waals surface area contributed by atoms with Gasteiger partial charge >= 0.3 is 54.0 Å². The Morgan fingerprint density at radius 2 is 0.560 bits per heavy atom. The van der Waals surface area contributed by atoms with Crippen LogP contribution in [0.3, 0.4) is 0 Å². The van der Waals surface area contributed by atoms with E-state index in [-0.39, 0.29) is 112 Å². The SMILES string of the molecule is C=CCOCC(CC)(C[O-])COCC=C.CCCCC(CC)COP(=O)(OCC(CC)CCCC)OP(=O)([O-])[O-].CCCCC(CC)COP(=O)(OCC(CC)CCCC)OP(=O)([O-])[O-].CCCCC(CC)COP(=O)(OCC(CC)CCCC)OP(=O)([O-])[O-].[H+].[H+].[H+].[Zr+4]. The van der Waals surface area contributed by atoms with E-state index in [1.54, 1.807) is 12.2 Å². The van der Waals surface area contributed by atoms with Gasteiger partial charge in [-0.3, -0.25) is 40.1 Å². The van der Waals surface area contributed by atoms with Gasteiger partial charge in [-0.25, -0.2) is 13.7 Å². The van der Waals surface area contributed by atoms with Crippen LogP contribution in [0.4, 0.5) is 0 Å². The second-order valence-electron chi connectivity index (χ2n) is 22.8. The Morgan fingerprint density at radius 3 is 0.681 bits per heavy atom. The zero-order chi connectivity index (χ0) is 69.6. The molecule has 0 amide bonds. The predicted molar refractivity (Wildman–Crippen MR) is 347 cm³/mol. The number of rotatable bonds is 58. The molecule has 6 atom stereocenters. The monoisotopic (exact) mass is 1510 g/mol. The second-order valence-corrected chi connectivity index (χ2v) is 31.7. The zero-order valence-electron chi connectivity index (χ0n) is 61.0. The summed E-state index contributed by atoms with van der Waals surface area (Å²) in [6.45, 7) is 35.2. The van der Waals surface area contributed by atoms with E-state index in [9.17, 15) is 61.9 Å². The molecule has 0 aromatic carbocycles. The summed E-state index contributed by atoms with van der Waals surface area (Å²) in [5.74, 6) is 0.668. The summed E-state index contributed by atoms with van der Waals surface area (Å²) < 4.78 is 125. The number of phosphoric acid groups is 6. The van der Waals surface area contributed by atoms with Gasteiger partial charge in [0.25, 0.3) is 0 Å². The third-order valence-corrected chi connectivity index (χ3v) is 22.6. The Hall–Kier alpha value is 1.02. The van der Waals surface area contributed by atoms with Crippen molar-refractivity contribution in [3.8, 4) is 0 Å². The molecule has 0 aliphatic rings. The minimum absolute atomic E-state index is 0. The first-order chi connectivity index (χ1) is 42.3. The molecule has 0 heterocycles. The molecule has 24 nitrogen and oxygen atoms in total. The van der Waals surface area contributed by atoms with Crippen molar-refractivity contribution in [2.24, 2.45) is 40.9 Å². The average Bonchev–Trinajstić information content (AvgIpc) is 0.974. The maximum absolute atomic E-state index is 12.6. The summed E-state index contributed by atoms with van der Waals surface area (Å²) in [4.78, 5) is 65.6. The van der Waals surface area contributed by atoms with E-state index >= 15 is 0 Å². The molecule has 0 bridgehead atoms. The maximum atomic E-state index is 12.6. The van der Waals surface area contributed by atoms with E-state index in [0.29, 0.717) is 26.4 Å². The molecule has 0 rings (SSSR count). The quantitative estimate of drug-likeness (QED) is 0.0310. The Bertz CT molecular complexity index is 1740. The van der Waals surface area contributed by atoms with Crippen LogP contribution in [0.1, 0.15) is 255 Å². The van der Waals surface area contributed by atoms with Crippen LogP contribution in [0.15, 0.2) is 25.3 Å². The zero-order valence-corrected chi connectivity index (χ0v) is 65.8. The van der Waals surface area contributed by atoms with E-state index in [1.165, 1.54) is 0 Å². The fourth-order valence-electron chi connectivity index (χ4n) is 8.34. The van der Waals surface area contributed by atoms with E-state index in [4.69, 9.17) is 36.6 Å². The number of hydrogen-bond acceptors (Lipinski definition) is 24. The molecule has 0 spiro atoms. The molecule has 0 radical (unpaired) electrons. The van der Waals surface area contributed by atoms with Crippen LogP contribution in [0.5, 0.6) is 0 Å². The number of ether oxygens (including phenoxy) is 2. The molecule has 0 aromatic rings. The van der Waals surface area contributed by atoms with Crippen molar-refractivity contribution in [3.05, 3.63) is 25.3 Å². The van der Waals surface area contributed by atoms with Gasteiger partial charge in [0.05, 0.1) is 89.5 Å². The summed E-state index contributed by atoms with van der Waals surface area (Å²) in [5, 5.41) is 11.2. The average molecular weight is 1510 g/mol. The van der Waals surface area contributed by atoms with Crippen LogP contribution in [0.2, 0.25) is 0 Å². The Balaban J connectivity index is -0.000000175. The molecule has 31 heteroatoms. The van der Waals surface area contributed by atoms with Crippen molar-refractivity contribution in [1.29, 1.82) is 0 Å². The van der Waals surface area contributed by atoms with E-state index in [0.717, 1.165) is 161 Å². The third kappa shape index (κ3) is 60.7. The Kier molecular flexibility index (Phi) is 67.4. The first-order valence-corrected chi connectivity index (χ1v) is 41.9. The molecule has 0 N–H and O–H groups in total. The fraction of sp³-hybridized carbons (Fsp3) is 0.933. The molecule has 0 aliphatic carbocycles. The molecule has 0 aromatic heterocycles. The van der Waals surface area contributed by atoms with Crippen LogP contribution in [-0.4, -0.2) is 72.7 Å². The summed E-state index contributed by atoms with van der Waals surface area (Å²) in [6, 6.07) is 0. The summed E-state index contributed by atoms with van der Waals surface area (Å²) >= 11 is 0. The van der Waals surface area contributed by atoms with Crippen LogP contribution in [0.25, 0.3) is 0 Å². The Morgan fingerprint density at radius 1 is 0.374 bits per heavy atom. The first-order valence-electron chi connectivity index (χ1n) is 33.1. The third-order valence-electron chi connectivity index (χ3n) is 15.0. The van der Waals surface area contributed by atoms with Gasteiger partial charge < -0.3 is 57.6 Å². The topological polar surface area (TPSA) is 365 Å². The van der Waals surface area contributed by atoms with Crippen LogP contribution in [-0.2, 0) is 103 Å². The first kappa shape index (κ1) is 101. The number of unbranched alkanes of at least 4 members (excludes halogenated alkanes) is 6. The van der Waals surface area contributed by atoms with Crippen molar-refractivity contribution in [1.82, 2.24) is 0 Å². The minimum atomic E-state index is -5.48. The predicted octanol–water partition coefficient (Wildman–Crippen LogP) is 14.7. The largest absolute Gasteiger partial charge is 4.00 e. The maximum Gasteiger partial charge on any atom is 4.00 e. The second kappa shape index (κ2) is 60.9. The summed E-state index contributed by atoms with van der Waals surface area (Å²) in [6.07, 6.45) is 26.1. The van der Waals surface area contributed by atoms with Gasteiger partial charge in [-0.1, -0.05) is 218 Å². The Labute approximate surface area is 575 Å². The van der Waals surface area contributed by atoms with Crippen LogP contribution in [0, 0.1) is 40.9 Å².